The van der Waals surface area contributed by atoms with Gasteiger partial charge in [-0.05, 0) is 24.7 Å². The molecule has 0 aliphatic carbocycles. The maximum Gasteiger partial charge on any atom is 0.145 e. The van der Waals surface area contributed by atoms with Crippen molar-refractivity contribution < 1.29 is 0 Å². The van der Waals surface area contributed by atoms with Gasteiger partial charge in [-0.3, -0.25) is 0 Å². The molecule has 0 saturated carbocycles. The van der Waals surface area contributed by atoms with E-state index in [-0.39, 0.29) is 0 Å². The third kappa shape index (κ3) is 11.7. The Labute approximate surface area is 97.8 Å². The van der Waals surface area contributed by atoms with E-state index in [0.29, 0.717) is 0 Å². The molecule has 0 aromatic rings. The van der Waals surface area contributed by atoms with Gasteiger partial charge in [0.2, 0.25) is 0 Å². The molecular formula is C14H28B. The lowest BCUT2D eigenvalue weighted by Crippen LogP contribution is -1.98. The van der Waals surface area contributed by atoms with Crippen LogP contribution in [0.1, 0.15) is 59.8 Å². The van der Waals surface area contributed by atoms with Crippen molar-refractivity contribution in [2.75, 3.05) is 0 Å². The molecule has 0 rings (SSSR count). The monoisotopic (exact) mass is 207 g/mol. The quantitative estimate of drug-likeness (QED) is 0.373. The molecule has 0 atom stereocenters. The van der Waals surface area contributed by atoms with Crippen LogP contribution < -0.4 is 0 Å². The second-order valence-corrected chi connectivity index (χ2v) is 5.47. The number of rotatable bonds is 9. The number of unbranched alkanes of at least 4 members (excludes halogenated alkanes) is 1. The van der Waals surface area contributed by atoms with Crippen molar-refractivity contribution in [3.63, 3.8) is 0 Å². The fourth-order valence-electron chi connectivity index (χ4n) is 1.58. The Bertz CT molecular complexity index is 159. The van der Waals surface area contributed by atoms with Crippen LogP contribution in [-0.4, -0.2) is 7.28 Å². The Morgan fingerprint density at radius 1 is 1.00 bits per heavy atom. The van der Waals surface area contributed by atoms with Crippen molar-refractivity contribution in [2.24, 2.45) is 11.8 Å². The van der Waals surface area contributed by atoms with Crippen molar-refractivity contribution in [3.8, 4) is 0 Å². The van der Waals surface area contributed by atoms with Gasteiger partial charge >= 0.3 is 0 Å². The Morgan fingerprint density at radius 2 is 1.60 bits per heavy atom. The zero-order valence-electron chi connectivity index (χ0n) is 11.2. The molecule has 0 nitrogen and oxygen atoms in total. The first-order valence-corrected chi connectivity index (χ1v) is 6.53. The molecule has 0 N–H and O–H groups in total. The second-order valence-electron chi connectivity index (χ2n) is 5.47. The highest BCUT2D eigenvalue weighted by Crippen LogP contribution is 2.12. The lowest BCUT2D eigenvalue weighted by Gasteiger charge is -2.07. The highest BCUT2D eigenvalue weighted by atomic mass is 14.0. The molecule has 0 unspecified atom stereocenters. The predicted molar refractivity (Wildman–Crippen MR) is 72.5 cm³/mol. The van der Waals surface area contributed by atoms with E-state index in [2.05, 4.69) is 41.6 Å². The van der Waals surface area contributed by atoms with Gasteiger partial charge in [0.05, 0.1) is 0 Å². The topological polar surface area (TPSA) is 0 Å². The Hall–Kier alpha value is -0.195. The van der Waals surface area contributed by atoms with Crippen molar-refractivity contribution in [1.29, 1.82) is 0 Å². The van der Waals surface area contributed by atoms with Gasteiger partial charge < -0.3 is 0 Å². The molecule has 0 heterocycles. The molecule has 1 heteroatoms. The summed E-state index contributed by atoms with van der Waals surface area (Å²) in [4.78, 5) is 0. The molecule has 15 heavy (non-hydrogen) atoms. The first-order chi connectivity index (χ1) is 7.02. The van der Waals surface area contributed by atoms with Crippen LogP contribution >= 0.6 is 0 Å². The van der Waals surface area contributed by atoms with Gasteiger partial charge in [0.15, 0.2) is 0 Å². The summed E-state index contributed by atoms with van der Waals surface area (Å²) in [6.45, 7) is 13.2. The number of hydrogen-bond donors (Lipinski definition) is 0. The zero-order chi connectivity index (χ0) is 11.7. The minimum Gasteiger partial charge on any atom is -0.116 e. The molecule has 0 fully saturated rings. The van der Waals surface area contributed by atoms with Crippen LogP contribution in [0, 0.1) is 11.8 Å². The van der Waals surface area contributed by atoms with Crippen molar-refractivity contribution in [1.82, 2.24) is 0 Å². The Morgan fingerprint density at radius 3 is 2.13 bits per heavy atom. The highest BCUT2D eigenvalue weighted by Gasteiger charge is 2.00. The molecule has 0 aromatic heterocycles. The standard InChI is InChI=1S/C14H28B/c1-12(2)8-6-7-11-15-14(5)10-9-13(3)4/h12-13H,5-11H2,1-4H3. The van der Waals surface area contributed by atoms with Gasteiger partial charge in [-0.1, -0.05) is 53.3 Å². The maximum atomic E-state index is 4.10. The molecular weight excluding hydrogens is 179 g/mol. The van der Waals surface area contributed by atoms with Crippen LogP contribution in [0.25, 0.3) is 0 Å². The summed E-state index contributed by atoms with van der Waals surface area (Å²) >= 11 is 0. The average molecular weight is 207 g/mol. The van der Waals surface area contributed by atoms with E-state index in [9.17, 15) is 0 Å². The third-order valence-electron chi connectivity index (χ3n) is 2.71. The fraction of sp³-hybridized carbons (Fsp3) is 0.857. The van der Waals surface area contributed by atoms with Crippen LogP contribution in [-0.2, 0) is 0 Å². The normalized spacial score (nSPS) is 11.1. The second kappa shape index (κ2) is 9.06. The van der Waals surface area contributed by atoms with Crippen LogP contribution in [0.5, 0.6) is 0 Å². The van der Waals surface area contributed by atoms with E-state index in [1.807, 2.05) is 0 Å². The first-order valence-electron chi connectivity index (χ1n) is 6.53. The van der Waals surface area contributed by atoms with Crippen LogP contribution in [0.15, 0.2) is 12.1 Å². The molecule has 1 radical (unpaired) electrons. The molecule has 0 aliphatic heterocycles. The first kappa shape index (κ1) is 14.8. The van der Waals surface area contributed by atoms with Crippen molar-refractivity contribution in [3.05, 3.63) is 12.1 Å². The van der Waals surface area contributed by atoms with E-state index in [0.717, 1.165) is 11.8 Å². The van der Waals surface area contributed by atoms with Crippen LogP contribution in [0.3, 0.4) is 0 Å². The highest BCUT2D eigenvalue weighted by molar-refractivity contribution is 6.44. The predicted octanol–water partition coefficient (Wildman–Crippen LogP) is 4.89. The summed E-state index contributed by atoms with van der Waals surface area (Å²) in [6.07, 6.45) is 7.75. The third-order valence-corrected chi connectivity index (χ3v) is 2.71. The van der Waals surface area contributed by atoms with E-state index < -0.39 is 0 Å². The molecule has 0 aromatic carbocycles. The van der Waals surface area contributed by atoms with E-state index >= 15 is 0 Å². The summed E-state index contributed by atoms with van der Waals surface area (Å²) in [6, 6.07) is 0. The maximum absolute atomic E-state index is 4.10. The summed E-state index contributed by atoms with van der Waals surface area (Å²) in [5.74, 6) is 1.66. The molecule has 0 saturated heterocycles. The Kier molecular flexibility index (Phi) is 8.94. The van der Waals surface area contributed by atoms with Gasteiger partial charge in [0.25, 0.3) is 0 Å². The smallest absolute Gasteiger partial charge is 0.116 e. The van der Waals surface area contributed by atoms with Crippen molar-refractivity contribution >= 4 is 7.28 Å². The summed E-state index contributed by atoms with van der Waals surface area (Å²) < 4.78 is 0. The Balaban J connectivity index is 3.24. The van der Waals surface area contributed by atoms with Crippen LogP contribution in [0.2, 0.25) is 6.32 Å². The number of hydrogen-bond acceptors (Lipinski definition) is 0. The lowest BCUT2D eigenvalue weighted by atomic mass is 9.64. The number of allylic oxidation sites excluding steroid dienone is 1. The van der Waals surface area contributed by atoms with Gasteiger partial charge in [-0.25, -0.2) is 0 Å². The van der Waals surface area contributed by atoms with Crippen LogP contribution in [0.4, 0.5) is 0 Å². The van der Waals surface area contributed by atoms with Gasteiger partial charge in [0.1, 0.15) is 7.28 Å². The molecule has 0 spiro atoms. The molecule has 0 bridgehead atoms. The molecule has 0 amide bonds. The van der Waals surface area contributed by atoms with E-state index in [4.69, 9.17) is 0 Å². The summed E-state index contributed by atoms with van der Waals surface area (Å²) in [5, 5.41) is 0. The largest absolute Gasteiger partial charge is 0.145 e. The van der Waals surface area contributed by atoms with Gasteiger partial charge in [-0.2, -0.15) is 0 Å². The van der Waals surface area contributed by atoms with Gasteiger partial charge in [-0.15, -0.1) is 12.1 Å². The van der Waals surface area contributed by atoms with Gasteiger partial charge in [0, 0.05) is 0 Å². The summed E-state index contributed by atoms with van der Waals surface area (Å²) in [7, 11) is 2.34. The minimum atomic E-state index is 0.802. The molecule has 87 valence electrons. The van der Waals surface area contributed by atoms with Crippen molar-refractivity contribution in [2.45, 2.75) is 66.1 Å². The minimum absolute atomic E-state index is 0.802. The van der Waals surface area contributed by atoms with E-state index in [1.165, 1.54) is 43.9 Å². The molecule has 0 aliphatic rings. The SMILES string of the molecule is C=C([B]CCCCC(C)C)CCC(C)C. The average Bonchev–Trinajstić information content (AvgIpc) is 2.13. The zero-order valence-corrected chi connectivity index (χ0v) is 11.2. The lowest BCUT2D eigenvalue weighted by molar-refractivity contribution is 0.549. The fourth-order valence-corrected chi connectivity index (χ4v) is 1.58. The van der Waals surface area contributed by atoms with E-state index in [1.54, 1.807) is 0 Å². The summed E-state index contributed by atoms with van der Waals surface area (Å²) in [5.41, 5.74) is 1.34.